The molecule has 0 saturated heterocycles. The lowest BCUT2D eigenvalue weighted by molar-refractivity contribution is 0.450. The van der Waals surface area contributed by atoms with Crippen LogP contribution in [0.25, 0.3) is 0 Å². The minimum Gasteiger partial charge on any atom is -0.507 e. The normalized spacial score (nSPS) is 14.6. The number of aromatic nitrogens is 1. The van der Waals surface area contributed by atoms with Crippen molar-refractivity contribution >= 4 is 20.1 Å². The van der Waals surface area contributed by atoms with E-state index in [9.17, 15) is 5.11 Å². The maximum absolute atomic E-state index is 11.0. The first-order chi connectivity index (χ1) is 14.1. The Labute approximate surface area is 182 Å². The molecule has 2 unspecified atom stereocenters. The Hall–Kier alpha value is -2.38. The van der Waals surface area contributed by atoms with Gasteiger partial charge in [-0.1, -0.05) is 79.6 Å². The quantitative estimate of drug-likeness (QED) is 0.368. The Morgan fingerprint density at radius 1 is 1.03 bits per heavy atom. The van der Waals surface area contributed by atoms with Crippen LogP contribution in [0.1, 0.15) is 63.3 Å². The van der Waals surface area contributed by atoms with E-state index in [-0.39, 0.29) is 10.6 Å². The fourth-order valence-electron chi connectivity index (χ4n) is 3.53. The number of benzene rings is 2. The average molecular weight is 421 g/mol. The summed E-state index contributed by atoms with van der Waals surface area (Å²) >= 11 is 0. The SMILES string of the molecule is CCC(C)(Pc1ccccc1/C=N/n1cccc1)c1cc(C(C)(C)C)cc(C)c1O. The van der Waals surface area contributed by atoms with Gasteiger partial charge in [0.05, 0.1) is 6.21 Å². The molecule has 2 atom stereocenters. The van der Waals surface area contributed by atoms with Gasteiger partial charge < -0.3 is 5.11 Å². The van der Waals surface area contributed by atoms with Gasteiger partial charge in [0.15, 0.2) is 0 Å². The van der Waals surface area contributed by atoms with Crippen LogP contribution in [0.2, 0.25) is 0 Å². The van der Waals surface area contributed by atoms with Crippen molar-refractivity contribution < 1.29 is 5.11 Å². The van der Waals surface area contributed by atoms with Crippen molar-refractivity contribution in [2.45, 2.75) is 58.5 Å². The van der Waals surface area contributed by atoms with Crippen LogP contribution in [0.5, 0.6) is 5.75 Å². The zero-order valence-electron chi connectivity index (χ0n) is 18.9. The molecule has 158 valence electrons. The number of nitrogens with zero attached hydrogens (tertiary/aromatic N) is 2. The Balaban J connectivity index is 2.02. The van der Waals surface area contributed by atoms with Gasteiger partial charge in [-0.2, -0.15) is 5.10 Å². The van der Waals surface area contributed by atoms with Gasteiger partial charge >= 0.3 is 0 Å². The van der Waals surface area contributed by atoms with Gasteiger partial charge in [0, 0.05) is 28.7 Å². The third-order valence-electron chi connectivity index (χ3n) is 5.76. The molecule has 0 amide bonds. The van der Waals surface area contributed by atoms with Gasteiger partial charge in [0.1, 0.15) is 5.75 Å². The minimum atomic E-state index is -0.159. The second-order valence-electron chi connectivity index (χ2n) is 9.14. The van der Waals surface area contributed by atoms with Crippen molar-refractivity contribution in [3.8, 4) is 5.75 Å². The van der Waals surface area contributed by atoms with Crippen molar-refractivity contribution in [1.29, 1.82) is 0 Å². The Bertz CT molecular complexity index is 1030. The van der Waals surface area contributed by atoms with E-state index in [1.807, 2.05) is 37.7 Å². The fraction of sp³-hybridized carbons (Fsp3) is 0.346. The summed E-state index contributed by atoms with van der Waals surface area (Å²) in [6.45, 7) is 13.2. The van der Waals surface area contributed by atoms with Crippen LogP contribution in [0.4, 0.5) is 0 Å². The van der Waals surface area contributed by atoms with Crippen LogP contribution in [-0.2, 0) is 10.6 Å². The highest BCUT2D eigenvalue weighted by Gasteiger charge is 2.31. The number of hydrogen-bond acceptors (Lipinski definition) is 2. The van der Waals surface area contributed by atoms with E-state index >= 15 is 0 Å². The van der Waals surface area contributed by atoms with Gasteiger partial charge in [-0.3, -0.25) is 0 Å². The number of phenolic OH excluding ortho intramolecular Hbond substituents is 1. The summed E-state index contributed by atoms with van der Waals surface area (Å²) in [5.74, 6) is 0.429. The topological polar surface area (TPSA) is 37.5 Å². The molecular weight excluding hydrogens is 387 g/mol. The van der Waals surface area contributed by atoms with Crippen LogP contribution in [0.15, 0.2) is 66.0 Å². The molecule has 0 radical (unpaired) electrons. The smallest absolute Gasteiger partial charge is 0.122 e. The summed E-state index contributed by atoms with van der Waals surface area (Å²) in [6, 6.07) is 16.7. The van der Waals surface area contributed by atoms with E-state index in [1.54, 1.807) is 4.68 Å². The average Bonchev–Trinajstić information content (AvgIpc) is 3.22. The van der Waals surface area contributed by atoms with E-state index in [0.29, 0.717) is 14.3 Å². The molecule has 1 heterocycles. The summed E-state index contributed by atoms with van der Waals surface area (Å²) in [7, 11) is 0.512. The molecule has 0 aliphatic carbocycles. The van der Waals surface area contributed by atoms with E-state index in [0.717, 1.165) is 23.1 Å². The zero-order chi connectivity index (χ0) is 21.9. The molecular formula is C26H33N2OP. The van der Waals surface area contributed by atoms with Gasteiger partial charge in [0.25, 0.3) is 0 Å². The van der Waals surface area contributed by atoms with Gasteiger partial charge in [-0.05, 0) is 47.3 Å². The standard InChI is InChI=1S/C26H33N2OP/c1-7-26(6,22-17-21(25(3,4)5)16-19(2)24(22)29)30-23-13-9-8-12-20(23)18-27-28-14-10-11-15-28/h8-18,29-30H,7H2,1-6H3/b27-18+. The van der Waals surface area contributed by atoms with Crippen LogP contribution >= 0.6 is 8.58 Å². The van der Waals surface area contributed by atoms with Crippen LogP contribution < -0.4 is 5.30 Å². The molecule has 1 aromatic heterocycles. The van der Waals surface area contributed by atoms with Gasteiger partial charge in [-0.25, -0.2) is 4.68 Å². The highest BCUT2D eigenvalue weighted by molar-refractivity contribution is 7.48. The first kappa shape index (κ1) is 22.3. The third-order valence-corrected chi connectivity index (χ3v) is 7.66. The van der Waals surface area contributed by atoms with Gasteiger partial charge in [-0.15, -0.1) is 0 Å². The molecule has 0 fully saturated rings. The van der Waals surface area contributed by atoms with Crippen molar-refractivity contribution in [2.24, 2.45) is 5.10 Å². The Morgan fingerprint density at radius 3 is 2.33 bits per heavy atom. The molecule has 0 aliphatic heterocycles. The predicted molar refractivity (Wildman–Crippen MR) is 131 cm³/mol. The summed E-state index contributed by atoms with van der Waals surface area (Å²) in [5.41, 5.74) is 4.41. The largest absolute Gasteiger partial charge is 0.507 e. The number of aromatic hydroxyl groups is 1. The summed E-state index contributed by atoms with van der Waals surface area (Å²) in [6.07, 6.45) is 6.72. The fourth-order valence-corrected chi connectivity index (χ4v) is 5.10. The molecule has 0 saturated carbocycles. The number of phenols is 1. The lowest BCUT2D eigenvalue weighted by Gasteiger charge is -2.33. The predicted octanol–water partition coefficient (Wildman–Crippen LogP) is 6.31. The molecule has 1 N–H and O–H groups in total. The number of rotatable bonds is 6. The number of hydrogen-bond donors (Lipinski definition) is 1. The third kappa shape index (κ3) is 4.84. The Kier molecular flexibility index (Phi) is 6.53. The van der Waals surface area contributed by atoms with Crippen molar-refractivity contribution in [2.75, 3.05) is 0 Å². The van der Waals surface area contributed by atoms with Crippen molar-refractivity contribution in [1.82, 2.24) is 4.68 Å². The van der Waals surface area contributed by atoms with E-state index in [4.69, 9.17) is 0 Å². The van der Waals surface area contributed by atoms with Gasteiger partial charge in [0.2, 0.25) is 0 Å². The van der Waals surface area contributed by atoms with E-state index in [2.05, 4.69) is 76.1 Å². The molecule has 3 aromatic rings. The lowest BCUT2D eigenvalue weighted by atomic mass is 9.82. The molecule has 3 nitrogen and oxygen atoms in total. The highest BCUT2D eigenvalue weighted by atomic mass is 31.1. The minimum absolute atomic E-state index is 0.0340. The molecule has 0 bridgehead atoms. The molecule has 0 aliphatic rings. The van der Waals surface area contributed by atoms with Crippen molar-refractivity contribution in [3.63, 3.8) is 0 Å². The lowest BCUT2D eigenvalue weighted by Crippen LogP contribution is -2.22. The summed E-state index contributed by atoms with van der Waals surface area (Å²) < 4.78 is 1.81. The molecule has 3 rings (SSSR count). The van der Waals surface area contributed by atoms with E-state index < -0.39 is 0 Å². The molecule has 0 spiro atoms. The summed E-state index contributed by atoms with van der Waals surface area (Å²) in [4.78, 5) is 0. The first-order valence-corrected chi connectivity index (χ1v) is 11.5. The monoisotopic (exact) mass is 420 g/mol. The zero-order valence-corrected chi connectivity index (χ0v) is 19.9. The molecule has 2 aromatic carbocycles. The summed E-state index contributed by atoms with van der Waals surface area (Å²) in [5, 5.41) is 16.7. The first-order valence-electron chi connectivity index (χ1n) is 10.5. The number of aryl methyl sites for hydroxylation is 1. The maximum Gasteiger partial charge on any atom is 0.122 e. The molecule has 4 heteroatoms. The van der Waals surface area contributed by atoms with Crippen LogP contribution in [0, 0.1) is 6.92 Å². The molecule has 30 heavy (non-hydrogen) atoms. The Morgan fingerprint density at radius 2 is 1.70 bits per heavy atom. The van der Waals surface area contributed by atoms with Crippen LogP contribution in [0.3, 0.4) is 0 Å². The van der Waals surface area contributed by atoms with Crippen LogP contribution in [-0.4, -0.2) is 16.0 Å². The highest BCUT2D eigenvalue weighted by Crippen LogP contribution is 2.49. The van der Waals surface area contributed by atoms with E-state index in [1.165, 1.54) is 10.9 Å². The maximum atomic E-state index is 11.0. The second kappa shape index (κ2) is 8.78. The second-order valence-corrected chi connectivity index (χ2v) is 11.0. The van der Waals surface area contributed by atoms with Crippen molar-refractivity contribution in [3.05, 3.63) is 83.2 Å².